The van der Waals surface area contributed by atoms with E-state index in [1.165, 1.54) is 0 Å². The van der Waals surface area contributed by atoms with Crippen LogP contribution in [0.4, 0.5) is 0 Å². The predicted molar refractivity (Wildman–Crippen MR) is 65.3 cm³/mol. The second kappa shape index (κ2) is 3.63. The van der Waals surface area contributed by atoms with E-state index in [0.29, 0.717) is 5.92 Å². The Morgan fingerprint density at radius 2 is 2.00 bits per heavy atom. The maximum atomic E-state index is 5.76. The molecule has 0 bridgehead atoms. The van der Waals surface area contributed by atoms with E-state index >= 15 is 0 Å². The summed E-state index contributed by atoms with van der Waals surface area (Å²) in [6.07, 6.45) is 0. The van der Waals surface area contributed by atoms with Crippen LogP contribution in [-0.2, 0) is 0 Å². The normalized spacial score (nSPS) is 11.6. The van der Waals surface area contributed by atoms with Crippen LogP contribution in [0.5, 0.6) is 0 Å². The van der Waals surface area contributed by atoms with Crippen molar-refractivity contribution >= 4 is 27.0 Å². The lowest BCUT2D eigenvalue weighted by molar-refractivity contribution is 0.500. The van der Waals surface area contributed by atoms with Crippen LogP contribution in [0.2, 0.25) is 0 Å². The molecule has 1 aromatic heterocycles. The number of hydrogen-bond donors (Lipinski definition) is 0. The number of oxazole rings is 1. The first kappa shape index (κ1) is 10.7. The number of rotatable bonds is 1. The van der Waals surface area contributed by atoms with Crippen molar-refractivity contribution in [2.75, 3.05) is 0 Å². The van der Waals surface area contributed by atoms with Crippen LogP contribution in [0.25, 0.3) is 11.1 Å². The summed E-state index contributed by atoms with van der Waals surface area (Å²) in [6, 6.07) is 2.08. The molecule has 80 valence electrons. The van der Waals surface area contributed by atoms with Crippen LogP contribution in [0, 0.1) is 13.8 Å². The van der Waals surface area contributed by atoms with E-state index in [4.69, 9.17) is 4.42 Å². The predicted octanol–water partition coefficient (Wildman–Crippen LogP) is 4.33. The summed E-state index contributed by atoms with van der Waals surface area (Å²) in [5.41, 5.74) is 4.16. The second-order valence-corrected chi connectivity index (χ2v) is 5.04. The molecule has 3 heteroatoms. The summed E-state index contributed by atoms with van der Waals surface area (Å²) in [4.78, 5) is 4.54. The summed E-state index contributed by atoms with van der Waals surface area (Å²) < 4.78 is 6.86. The Kier molecular flexibility index (Phi) is 2.59. The second-order valence-electron chi connectivity index (χ2n) is 4.18. The highest BCUT2D eigenvalue weighted by atomic mass is 79.9. The monoisotopic (exact) mass is 267 g/mol. The molecule has 0 N–H and O–H groups in total. The van der Waals surface area contributed by atoms with Gasteiger partial charge in [-0.1, -0.05) is 29.8 Å². The summed E-state index contributed by atoms with van der Waals surface area (Å²) >= 11 is 3.53. The number of nitrogens with zero attached hydrogens (tertiary/aromatic N) is 1. The third kappa shape index (κ3) is 1.69. The molecule has 0 amide bonds. The molecule has 0 unspecified atom stereocenters. The third-order valence-corrected chi connectivity index (χ3v) is 3.38. The molecule has 0 fully saturated rings. The average Bonchev–Trinajstić information content (AvgIpc) is 2.59. The van der Waals surface area contributed by atoms with Gasteiger partial charge in [0.25, 0.3) is 0 Å². The summed E-state index contributed by atoms with van der Waals surface area (Å²) in [5.74, 6) is 1.14. The van der Waals surface area contributed by atoms with Crippen LogP contribution in [0.1, 0.15) is 36.8 Å². The first-order chi connectivity index (χ1) is 7.00. The van der Waals surface area contributed by atoms with Crippen LogP contribution < -0.4 is 0 Å². The zero-order valence-electron chi connectivity index (χ0n) is 9.39. The van der Waals surface area contributed by atoms with Gasteiger partial charge in [0.1, 0.15) is 5.52 Å². The lowest BCUT2D eigenvalue weighted by atomic mass is 10.1. The van der Waals surface area contributed by atoms with E-state index in [9.17, 15) is 0 Å². The fourth-order valence-corrected chi connectivity index (χ4v) is 2.11. The SMILES string of the molecule is Cc1c(Br)cc(C)c2oc(C(C)C)nc12. The zero-order valence-corrected chi connectivity index (χ0v) is 11.0. The molecule has 0 spiro atoms. The van der Waals surface area contributed by atoms with Gasteiger partial charge in [-0.3, -0.25) is 0 Å². The molecule has 2 rings (SSSR count). The van der Waals surface area contributed by atoms with E-state index in [0.717, 1.165) is 32.6 Å². The first-order valence-electron chi connectivity index (χ1n) is 5.07. The molecule has 0 aliphatic rings. The van der Waals surface area contributed by atoms with Gasteiger partial charge >= 0.3 is 0 Å². The van der Waals surface area contributed by atoms with Gasteiger partial charge < -0.3 is 4.42 Å². The van der Waals surface area contributed by atoms with Crippen LogP contribution in [0.15, 0.2) is 15.0 Å². The molecule has 0 radical (unpaired) electrons. The fraction of sp³-hybridized carbons (Fsp3) is 0.417. The maximum absolute atomic E-state index is 5.76. The maximum Gasteiger partial charge on any atom is 0.198 e. The number of halogens is 1. The summed E-state index contributed by atoms with van der Waals surface area (Å²) in [5, 5.41) is 0. The van der Waals surface area contributed by atoms with Crippen LogP contribution in [0.3, 0.4) is 0 Å². The van der Waals surface area contributed by atoms with Gasteiger partial charge in [-0.2, -0.15) is 0 Å². The number of hydrogen-bond acceptors (Lipinski definition) is 2. The number of benzene rings is 1. The smallest absolute Gasteiger partial charge is 0.198 e. The Labute approximate surface area is 97.8 Å². The first-order valence-corrected chi connectivity index (χ1v) is 5.86. The minimum absolute atomic E-state index is 0.329. The average molecular weight is 268 g/mol. The molecule has 0 aliphatic heterocycles. The molecule has 2 aromatic rings. The van der Waals surface area contributed by atoms with E-state index in [1.54, 1.807) is 0 Å². The highest BCUT2D eigenvalue weighted by molar-refractivity contribution is 9.10. The molecule has 2 nitrogen and oxygen atoms in total. The molecule has 1 aromatic carbocycles. The highest BCUT2D eigenvalue weighted by Gasteiger charge is 2.14. The van der Waals surface area contributed by atoms with Crippen molar-refractivity contribution in [3.05, 3.63) is 27.6 Å². The standard InChI is InChI=1S/C12H14BrNO/c1-6(2)12-14-10-8(4)9(13)5-7(3)11(10)15-12/h5-6H,1-4H3. The molecule has 0 saturated carbocycles. The number of aromatic nitrogens is 1. The molecule has 0 aliphatic carbocycles. The Hall–Kier alpha value is -0.830. The van der Waals surface area contributed by atoms with Crippen LogP contribution in [-0.4, -0.2) is 4.98 Å². The van der Waals surface area contributed by atoms with Crippen molar-refractivity contribution in [2.24, 2.45) is 0 Å². The topological polar surface area (TPSA) is 26.0 Å². The molecule has 0 saturated heterocycles. The van der Waals surface area contributed by atoms with Gasteiger partial charge in [0.2, 0.25) is 0 Å². The molecule has 1 heterocycles. The van der Waals surface area contributed by atoms with Crippen molar-refractivity contribution in [3.8, 4) is 0 Å². The largest absolute Gasteiger partial charge is 0.440 e. The Morgan fingerprint density at radius 3 is 2.60 bits per heavy atom. The molecule has 0 atom stereocenters. The van der Waals surface area contributed by atoms with Gasteiger partial charge in [-0.25, -0.2) is 4.98 Å². The molecular weight excluding hydrogens is 254 g/mol. The van der Waals surface area contributed by atoms with Gasteiger partial charge in [-0.15, -0.1) is 0 Å². The lowest BCUT2D eigenvalue weighted by Crippen LogP contribution is -1.86. The van der Waals surface area contributed by atoms with Gasteiger partial charge in [0.05, 0.1) is 0 Å². The molecule has 15 heavy (non-hydrogen) atoms. The van der Waals surface area contributed by atoms with Crippen molar-refractivity contribution in [1.82, 2.24) is 4.98 Å². The quantitative estimate of drug-likeness (QED) is 0.769. The highest BCUT2D eigenvalue weighted by Crippen LogP contribution is 2.30. The summed E-state index contributed by atoms with van der Waals surface area (Å²) in [6.45, 7) is 8.27. The van der Waals surface area contributed by atoms with E-state index in [1.807, 2.05) is 6.92 Å². The Morgan fingerprint density at radius 1 is 1.33 bits per heavy atom. The minimum atomic E-state index is 0.329. The third-order valence-electron chi connectivity index (χ3n) is 2.55. The lowest BCUT2D eigenvalue weighted by Gasteiger charge is -2.00. The Bertz CT molecular complexity index is 514. The van der Waals surface area contributed by atoms with Crippen molar-refractivity contribution < 1.29 is 4.42 Å². The van der Waals surface area contributed by atoms with E-state index in [2.05, 4.69) is 47.8 Å². The number of fused-ring (bicyclic) bond motifs is 1. The number of aryl methyl sites for hydroxylation is 2. The summed E-state index contributed by atoms with van der Waals surface area (Å²) in [7, 11) is 0. The van der Waals surface area contributed by atoms with E-state index in [-0.39, 0.29) is 0 Å². The van der Waals surface area contributed by atoms with Gasteiger partial charge in [0, 0.05) is 10.4 Å². The fourth-order valence-electron chi connectivity index (χ4n) is 1.58. The Balaban J connectivity index is 2.80. The van der Waals surface area contributed by atoms with Crippen molar-refractivity contribution in [3.63, 3.8) is 0 Å². The van der Waals surface area contributed by atoms with Crippen molar-refractivity contribution in [1.29, 1.82) is 0 Å². The minimum Gasteiger partial charge on any atom is -0.440 e. The zero-order chi connectivity index (χ0) is 11.2. The van der Waals surface area contributed by atoms with Crippen LogP contribution >= 0.6 is 15.9 Å². The molecular formula is C12H14BrNO. The van der Waals surface area contributed by atoms with Gasteiger partial charge in [0.15, 0.2) is 11.5 Å². The van der Waals surface area contributed by atoms with E-state index < -0.39 is 0 Å². The van der Waals surface area contributed by atoms with Crippen molar-refractivity contribution in [2.45, 2.75) is 33.6 Å². The van der Waals surface area contributed by atoms with Gasteiger partial charge in [-0.05, 0) is 31.0 Å².